The van der Waals surface area contributed by atoms with Gasteiger partial charge in [0, 0.05) is 16.8 Å². The van der Waals surface area contributed by atoms with Gasteiger partial charge in [0.25, 0.3) is 5.91 Å². The van der Waals surface area contributed by atoms with Gasteiger partial charge in [-0.3, -0.25) is 4.79 Å². The summed E-state index contributed by atoms with van der Waals surface area (Å²) in [4.78, 5) is 17.0. The van der Waals surface area contributed by atoms with Crippen molar-refractivity contribution in [2.75, 3.05) is 5.32 Å². The minimum absolute atomic E-state index is 0.302. The van der Waals surface area contributed by atoms with E-state index in [0.717, 1.165) is 27.8 Å². The maximum atomic E-state index is 13.0. The average Bonchev–Trinajstić information content (AvgIpc) is 3.07. The lowest BCUT2D eigenvalue weighted by molar-refractivity contribution is 0.102. The van der Waals surface area contributed by atoms with Gasteiger partial charge in [-0.25, -0.2) is 9.37 Å². The molecule has 0 saturated carbocycles. The molecule has 0 aliphatic heterocycles. The number of carbonyl (C=O) groups excluding carboxylic acids is 1. The van der Waals surface area contributed by atoms with Gasteiger partial charge < -0.3 is 9.73 Å². The Bertz CT molecular complexity index is 1150. The first-order chi connectivity index (χ1) is 13.0. The van der Waals surface area contributed by atoms with Gasteiger partial charge in [-0.2, -0.15) is 0 Å². The van der Waals surface area contributed by atoms with Crippen LogP contribution >= 0.6 is 0 Å². The fourth-order valence-electron chi connectivity index (χ4n) is 2.84. The number of rotatable bonds is 3. The van der Waals surface area contributed by atoms with Crippen LogP contribution in [0.4, 0.5) is 10.1 Å². The summed E-state index contributed by atoms with van der Waals surface area (Å²) >= 11 is 0. The first-order valence-corrected chi connectivity index (χ1v) is 8.55. The topological polar surface area (TPSA) is 55.1 Å². The zero-order valence-electron chi connectivity index (χ0n) is 14.9. The Kier molecular flexibility index (Phi) is 4.20. The average molecular weight is 360 g/mol. The van der Waals surface area contributed by atoms with Crippen LogP contribution in [0, 0.1) is 19.7 Å². The molecular weight excluding hydrogens is 343 g/mol. The second-order valence-corrected chi connectivity index (χ2v) is 6.48. The Morgan fingerprint density at radius 1 is 1.00 bits per heavy atom. The van der Waals surface area contributed by atoms with Crippen LogP contribution < -0.4 is 5.32 Å². The van der Waals surface area contributed by atoms with Gasteiger partial charge in [0.15, 0.2) is 5.58 Å². The van der Waals surface area contributed by atoms with Crippen molar-refractivity contribution < 1.29 is 13.6 Å². The van der Waals surface area contributed by atoms with Crippen molar-refractivity contribution in [3.05, 3.63) is 83.2 Å². The van der Waals surface area contributed by atoms with Gasteiger partial charge in [0.05, 0.1) is 0 Å². The van der Waals surface area contributed by atoms with Gasteiger partial charge in [-0.05, 0) is 73.5 Å². The monoisotopic (exact) mass is 360 g/mol. The SMILES string of the molecule is Cc1ccc2nc(-c3ccc(C)c(NC(=O)c4ccc(F)cc4)c3)oc2c1. The van der Waals surface area contributed by atoms with E-state index in [1.54, 1.807) is 0 Å². The van der Waals surface area contributed by atoms with Crippen molar-refractivity contribution in [1.29, 1.82) is 0 Å². The van der Waals surface area contributed by atoms with Crippen molar-refractivity contribution in [2.45, 2.75) is 13.8 Å². The van der Waals surface area contributed by atoms with Crippen LogP contribution in [0.3, 0.4) is 0 Å². The number of oxazole rings is 1. The zero-order valence-corrected chi connectivity index (χ0v) is 14.9. The van der Waals surface area contributed by atoms with E-state index in [9.17, 15) is 9.18 Å². The number of carbonyl (C=O) groups is 1. The molecule has 0 aliphatic carbocycles. The Balaban J connectivity index is 1.66. The molecule has 27 heavy (non-hydrogen) atoms. The minimum atomic E-state index is -0.379. The van der Waals surface area contributed by atoms with Crippen molar-refractivity contribution in [3.8, 4) is 11.5 Å². The second-order valence-electron chi connectivity index (χ2n) is 6.48. The summed E-state index contributed by atoms with van der Waals surface area (Å²) in [5, 5.41) is 2.87. The highest BCUT2D eigenvalue weighted by atomic mass is 19.1. The van der Waals surface area contributed by atoms with E-state index < -0.39 is 0 Å². The summed E-state index contributed by atoms with van der Waals surface area (Å²) in [6.45, 7) is 3.90. The summed E-state index contributed by atoms with van der Waals surface area (Å²) in [6, 6.07) is 16.9. The van der Waals surface area contributed by atoms with Gasteiger partial charge in [0.2, 0.25) is 5.89 Å². The third kappa shape index (κ3) is 3.44. The third-order valence-corrected chi connectivity index (χ3v) is 4.38. The standard InChI is InChI=1S/C22H17FN2O2/c1-13-3-10-18-20(11-13)27-22(25-18)16-5-4-14(2)19(12-16)24-21(26)15-6-8-17(23)9-7-15/h3-12H,1-2H3,(H,24,26). The molecule has 1 aromatic heterocycles. The highest BCUT2D eigenvalue weighted by Crippen LogP contribution is 2.28. The summed E-state index contributed by atoms with van der Waals surface area (Å²) in [5.41, 5.74) is 5.32. The van der Waals surface area contributed by atoms with Crippen LogP contribution in [0.25, 0.3) is 22.6 Å². The molecule has 1 amide bonds. The fourth-order valence-corrected chi connectivity index (χ4v) is 2.84. The summed E-state index contributed by atoms with van der Waals surface area (Å²) in [6.07, 6.45) is 0. The van der Waals surface area contributed by atoms with E-state index in [-0.39, 0.29) is 11.7 Å². The quantitative estimate of drug-likeness (QED) is 0.525. The highest BCUT2D eigenvalue weighted by Gasteiger charge is 2.12. The number of hydrogen-bond acceptors (Lipinski definition) is 3. The Labute approximate surface area is 155 Å². The summed E-state index contributed by atoms with van der Waals surface area (Å²) in [5.74, 6) is -0.188. The van der Waals surface area contributed by atoms with E-state index in [1.807, 2.05) is 50.2 Å². The van der Waals surface area contributed by atoms with Crippen LogP contribution in [0.5, 0.6) is 0 Å². The van der Waals surface area contributed by atoms with Gasteiger partial charge in [0.1, 0.15) is 11.3 Å². The molecule has 4 nitrogen and oxygen atoms in total. The van der Waals surface area contributed by atoms with Gasteiger partial charge in [-0.15, -0.1) is 0 Å². The minimum Gasteiger partial charge on any atom is -0.436 e. The molecule has 0 unspecified atom stereocenters. The molecule has 4 rings (SSSR count). The van der Waals surface area contributed by atoms with Crippen molar-refractivity contribution in [2.24, 2.45) is 0 Å². The van der Waals surface area contributed by atoms with Crippen LogP contribution in [0.2, 0.25) is 0 Å². The Morgan fingerprint density at radius 2 is 1.78 bits per heavy atom. The molecule has 0 spiro atoms. The van der Waals surface area contributed by atoms with Crippen LogP contribution in [-0.2, 0) is 0 Å². The largest absolute Gasteiger partial charge is 0.436 e. The Hall–Kier alpha value is -3.47. The number of aryl methyl sites for hydroxylation is 2. The molecule has 134 valence electrons. The maximum Gasteiger partial charge on any atom is 0.255 e. The highest BCUT2D eigenvalue weighted by molar-refractivity contribution is 6.04. The number of nitrogens with one attached hydrogen (secondary N) is 1. The fraction of sp³-hybridized carbons (Fsp3) is 0.0909. The first kappa shape index (κ1) is 17.0. The molecule has 1 N–H and O–H groups in total. The molecule has 0 aliphatic rings. The first-order valence-electron chi connectivity index (χ1n) is 8.55. The molecule has 0 atom stereocenters. The smallest absolute Gasteiger partial charge is 0.255 e. The number of anilines is 1. The number of amides is 1. The lowest BCUT2D eigenvalue weighted by Crippen LogP contribution is -2.12. The number of aromatic nitrogens is 1. The number of fused-ring (bicyclic) bond motifs is 1. The van der Waals surface area contributed by atoms with E-state index >= 15 is 0 Å². The molecule has 0 bridgehead atoms. The molecule has 5 heteroatoms. The van der Waals surface area contributed by atoms with Crippen molar-refractivity contribution in [3.63, 3.8) is 0 Å². The summed E-state index contributed by atoms with van der Waals surface area (Å²) in [7, 11) is 0. The van der Waals surface area contributed by atoms with Crippen LogP contribution in [0.1, 0.15) is 21.5 Å². The van der Waals surface area contributed by atoms with Crippen molar-refractivity contribution >= 4 is 22.7 Å². The lowest BCUT2D eigenvalue weighted by Gasteiger charge is -2.09. The van der Waals surface area contributed by atoms with Gasteiger partial charge in [-0.1, -0.05) is 12.1 Å². The molecule has 1 heterocycles. The van der Waals surface area contributed by atoms with E-state index in [0.29, 0.717) is 17.1 Å². The molecule has 0 saturated heterocycles. The molecule has 4 aromatic rings. The molecular formula is C22H17FN2O2. The summed E-state index contributed by atoms with van der Waals surface area (Å²) < 4.78 is 18.9. The van der Waals surface area contributed by atoms with Gasteiger partial charge >= 0.3 is 0 Å². The molecule has 0 radical (unpaired) electrons. The second kappa shape index (κ2) is 6.68. The normalized spacial score (nSPS) is 10.9. The van der Waals surface area contributed by atoms with Crippen LogP contribution in [0.15, 0.2) is 65.1 Å². The third-order valence-electron chi connectivity index (χ3n) is 4.38. The molecule has 0 fully saturated rings. The van der Waals surface area contributed by atoms with E-state index in [4.69, 9.17) is 4.42 Å². The number of hydrogen-bond donors (Lipinski definition) is 1. The van der Waals surface area contributed by atoms with E-state index in [1.165, 1.54) is 24.3 Å². The zero-order chi connectivity index (χ0) is 19.0. The van der Waals surface area contributed by atoms with Crippen LogP contribution in [-0.4, -0.2) is 10.9 Å². The predicted octanol–water partition coefficient (Wildman–Crippen LogP) is 5.50. The van der Waals surface area contributed by atoms with E-state index in [2.05, 4.69) is 10.3 Å². The molecule has 3 aromatic carbocycles. The lowest BCUT2D eigenvalue weighted by atomic mass is 10.1. The maximum absolute atomic E-state index is 13.0. The number of benzene rings is 3. The Morgan fingerprint density at radius 3 is 2.56 bits per heavy atom. The van der Waals surface area contributed by atoms with Crippen molar-refractivity contribution in [1.82, 2.24) is 4.98 Å². The number of halogens is 1. The number of nitrogens with zero attached hydrogens (tertiary/aromatic N) is 1. The predicted molar refractivity (Wildman–Crippen MR) is 103 cm³/mol.